The first-order chi connectivity index (χ1) is 9.54. The summed E-state index contributed by atoms with van der Waals surface area (Å²) >= 11 is 5.83. The van der Waals surface area contributed by atoms with Crippen LogP contribution in [0.1, 0.15) is 16.8 Å². The Hall–Kier alpha value is -1.53. The molecule has 2 aliphatic heterocycles. The molecule has 3 heterocycles. The van der Waals surface area contributed by atoms with Crippen LogP contribution >= 0.6 is 11.6 Å². The standard InChI is InChI=1S/C13H15ClN2O4/c14-10-9(1-3-20-10)11(17)16-5-8-6-19-4-2-13(8,7-16)12(15)18/h1,3,8H,2,4-7H2,(H2,15,18)/t8-,13+/m1/s1. The van der Waals surface area contributed by atoms with E-state index in [1.807, 2.05) is 0 Å². The van der Waals surface area contributed by atoms with Gasteiger partial charge < -0.3 is 19.8 Å². The third kappa shape index (κ3) is 1.91. The SMILES string of the molecule is NC(=O)[C@]12CCOC[C@H]1CN(C(=O)c1ccoc1Cl)C2. The maximum atomic E-state index is 12.4. The van der Waals surface area contributed by atoms with Crippen LogP contribution in [0.15, 0.2) is 16.7 Å². The average molecular weight is 299 g/mol. The Morgan fingerprint density at radius 3 is 2.90 bits per heavy atom. The highest BCUT2D eigenvalue weighted by Gasteiger charge is 2.53. The summed E-state index contributed by atoms with van der Waals surface area (Å²) in [5.74, 6) is -0.651. The van der Waals surface area contributed by atoms with E-state index in [4.69, 9.17) is 26.5 Å². The number of halogens is 1. The molecule has 2 amide bonds. The van der Waals surface area contributed by atoms with E-state index in [1.165, 1.54) is 12.3 Å². The number of hydrogen-bond donors (Lipinski definition) is 1. The molecule has 20 heavy (non-hydrogen) atoms. The van der Waals surface area contributed by atoms with Gasteiger partial charge in [-0.25, -0.2) is 0 Å². The Morgan fingerprint density at radius 1 is 1.50 bits per heavy atom. The number of furan rings is 1. The number of primary amides is 1. The zero-order chi connectivity index (χ0) is 14.3. The molecule has 0 unspecified atom stereocenters. The van der Waals surface area contributed by atoms with E-state index in [1.54, 1.807) is 4.90 Å². The molecule has 7 heteroatoms. The van der Waals surface area contributed by atoms with E-state index >= 15 is 0 Å². The Bertz CT molecular complexity index is 558. The van der Waals surface area contributed by atoms with Crippen LogP contribution in [0.5, 0.6) is 0 Å². The monoisotopic (exact) mass is 298 g/mol. The van der Waals surface area contributed by atoms with Gasteiger partial charge in [0.1, 0.15) is 0 Å². The lowest BCUT2D eigenvalue weighted by atomic mass is 9.74. The van der Waals surface area contributed by atoms with Crippen molar-refractivity contribution < 1.29 is 18.7 Å². The van der Waals surface area contributed by atoms with Gasteiger partial charge in [0.25, 0.3) is 5.91 Å². The number of nitrogens with two attached hydrogens (primary N) is 1. The van der Waals surface area contributed by atoms with Gasteiger partial charge in [-0.2, -0.15) is 0 Å². The smallest absolute Gasteiger partial charge is 0.258 e. The predicted molar refractivity (Wildman–Crippen MR) is 70.2 cm³/mol. The van der Waals surface area contributed by atoms with Gasteiger partial charge in [-0.15, -0.1) is 0 Å². The van der Waals surface area contributed by atoms with Gasteiger partial charge in [-0.1, -0.05) is 0 Å². The van der Waals surface area contributed by atoms with E-state index in [0.717, 1.165) is 0 Å². The van der Waals surface area contributed by atoms with Crippen molar-refractivity contribution >= 4 is 23.4 Å². The van der Waals surface area contributed by atoms with E-state index in [9.17, 15) is 9.59 Å². The molecule has 2 atom stereocenters. The van der Waals surface area contributed by atoms with Gasteiger partial charge in [0, 0.05) is 25.6 Å². The quantitative estimate of drug-likeness (QED) is 0.879. The van der Waals surface area contributed by atoms with E-state index in [-0.39, 0.29) is 23.0 Å². The molecular formula is C13H15ClN2O4. The van der Waals surface area contributed by atoms with Crippen LogP contribution < -0.4 is 5.73 Å². The summed E-state index contributed by atoms with van der Waals surface area (Å²) in [4.78, 5) is 25.9. The molecule has 2 fully saturated rings. The molecule has 0 spiro atoms. The minimum atomic E-state index is -0.676. The summed E-state index contributed by atoms with van der Waals surface area (Å²) in [5.41, 5.74) is 5.21. The Morgan fingerprint density at radius 2 is 2.30 bits per heavy atom. The first-order valence-electron chi connectivity index (χ1n) is 6.44. The van der Waals surface area contributed by atoms with Crippen LogP contribution in [0.25, 0.3) is 0 Å². The number of carbonyl (C=O) groups is 2. The van der Waals surface area contributed by atoms with Gasteiger partial charge >= 0.3 is 0 Å². The lowest BCUT2D eigenvalue weighted by Gasteiger charge is -2.34. The lowest BCUT2D eigenvalue weighted by Crippen LogP contribution is -2.48. The van der Waals surface area contributed by atoms with Crippen LogP contribution in [0.2, 0.25) is 5.22 Å². The van der Waals surface area contributed by atoms with E-state index < -0.39 is 5.41 Å². The maximum absolute atomic E-state index is 12.4. The fourth-order valence-electron chi connectivity index (χ4n) is 3.12. The van der Waals surface area contributed by atoms with Gasteiger partial charge in [0.05, 0.1) is 23.8 Å². The van der Waals surface area contributed by atoms with Crippen LogP contribution in [-0.4, -0.2) is 43.0 Å². The molecule has 2 N–H and O–H groups in total. The Labute approximate surface area is 120 Å². The topological polar surface area (TPSA) is 85.8 Å². The molecule has 2 aliphatic rings. The largest absolute Gasteiger partial charge is 0.452 e. The molecule has 1 aromatic heterocycles. The third-order valence-electron chi connectivity index (χ3n) is 4.33. The number of hydrogen-bond acceptors (Lipinski definition) is 4. The number of carbonyl (C=O) groups excluding carboxylic acids is 2. The predicted octanol–water partition coefficient (Wildman–Crippen LogP) is 0.897. The molecular weight excluding hydrogens is 284 g/mol. The third-order valence-corrected chi connectivity index (χ3v) is 4.63. The fraction of sp³-hybridized carbons (Fsp3) is 0.538. The van der Waals surface area contributed by atoms with Gasteiger partial charge in [-0.3, -0.25) is 9.59 Å². The fourth-order valence-corrected chi connectivity index (χ4v) is 3.32. The highest BCUT2D eigenvalue weighted by molar-refractivity contribution is 6.32. The van der Waals surface area contributed by atoms with Crippen LogP contribution in [0.3, 0.4) is 0 Å². The van der Waals surface area contributed by atoms with Crippen LogP contribution in [0.4, 0.5) is 0 Å². The number of likely N-dealkylation sites (tertiary alicyclic amines) is 1. The van der Waals surface area contributed by atoms with Crippen molar-refractivity contribution in [3.63, 3.8) is 0 Å². The maximum Gasteiger partial charge on any atom is 0.258 e. The molecule has 0 bridgehead atoms. The summed E-state index contributed by atoms with van der Waals surface area (Å²) in [6, 6.07) is 1.53. The second-order valence-corrected chi connectivity index (χ2v) is 5.68. The van der Waals surface area contributed by atoms with Crippen LogP contribution in [-0.2, 0) is 9.53 Å². The molecule has 0 aliphatic carbocycles. The van der Waals surface area contributed by atoms with Crippen molar-refractivity contribution in [3.8, 4) is 0 Å². The van der Waals surface area contributed by atoms with Crippen molar-refractivity contribution in [1.29, 1.82) is 0 Å². The molecule has 0 aromatic carbocycles. The molecule has 108 valence electrons. The average Bonchev–Trinajstić information content (AvgIpc) is 3.01. The van der Waals surface area contributed by atoms with Crippen molar-refractivity contribution in [2.45, 2.75) is 6.42 Å². The summed E-state index contributed by atoms with van der Waals surface area (Å²) in [6.45, 7) is 1.71. The highest BCUT2D eigenvalue weighted by atomic mass is 35.5. The normalized spacial score (nSPS) is 29.2. The van der Waals surface area contributed by atoms with Crippen molar-refractivity contribution in [1.82, 2.24) is 4.90 Å². The zero-order valence-electron chi connectivity index (χ0n) is 10.8. The first-order valence-corrected chi connectivity index (χ1v) is 6.82. The molecule has 3 rings (SSSR count). The minimum Gasteiger partial charge on any atom is -0.452 e. The molecule has 6 nitrogen and oxygen atoms in total. The molecule has 0 saturated carbocycles. The summed E-state index contributed by atoms with van der Waals surface area (Å²) in [7, 11) is 0. The van der Waals surface area contributed by atoms with Gasteiger partial charge in [0.15, 0.2) is 0 Å². The second kappa shape index (κ2) is 4.79. The Balaban J connectivity index is 1.86. The minimum absolute atomic E-state index is 0.0524. The van der Waals surface area contributed by atoms with Gasteiger partial charge in [0.2, 0.25) is 11.1 Å². The summed E-state index contributed by atoms with van der Waals surface area (Å²) in [6.07, 6.45) is 1.92. The molecule has 2 saturated heterocycles. The number of nitrogens with zero attached hydrogens (tertiary/aromatic N) is 1. The van der Waals surface area contributed by atoms with Crippen molar-refractivity contribution in [3.05, 3.63) is 23.1 Å². The highest BCUT2D eigenvalue weighted by Crippen LogP contribution is 2.42. The number of fused-ring (bicyclic) bond motifs is 1. The molecule has 0 radical (unpaired) electrons. The van der Waals surface area contributed by atoms with Gasteiger partial charge in [-0.05, 0) is 24.1 Å². The Kier molecular flexibility index (Phi) is 3.22. The summed E-state index contributed by atoms with van der Waals surface area (Å²) < 4.78 is 10.3. The summed E-state index contributed by atoms with van der Waals surface area (Å²) in [5, 5.41) is 0.0641. The van der Waals surface area contributed by atoms with Crippen molar-refractivity contribution in [2.75, 3.05) is 26.3 Å². The lowest BCUT2D eigenvalue weighted by molar-refractivity contribution is -0.135. The zero-order valence-corrected chi connectivity index (χ0v) is 11.6. The number of ether oxygens (including phenoxy) is 1. The van der Waals surface area contributed by atoms with Crippen molar-refractivity contribution in [2.24, 2.45) is 17.1 Å². The number of rotatable bonds is 2. The van der Waals surface area contributed by atoms with Crippen LogP contribution in [0, 0.1) is 11.3 Å². The first kappa shape index (κ1) is 13.5. The number of amides is 2. The molecule has 1 aromatic rings. The second-order valence-electron chi connectivity index (χ2n) is 5.34. The van der Waals surface area contributed by atoms with E-state index in [2.05, 4.69) is 0 Å². The van der Waals surface area contributed by atoms with E-state index in [0.29, 0.717) is 38.3 Å².